The van der Waals surface area contributed by atoms with Gasteiger partial charge < -0.3 is 4.74 Å². The average Bonchev–Trinajstić information content (AvgIpc) is 2.60. The van der Waals surface area contributed by atoms with Gasteiger partial charge in [-0.1, -0.05) is 60.7 Å². The minimum absolute atomic E-state index is 0.0587. The van der Waals surface area contributed by atoms with Gasteiger partial charge in [-0.15, -0.1) is 6.58 Å². The van der Waals surface area contributed by atoms with Crippen LogP contribution >= 0.6 is 0 Å². The van der Waals surface area contributed by atoms with Crippen molar-refractivity contribution in [3.8, 4) is 0 Å². The lowest BCUT2D eigenvalue weighted by molar-refractivity contribution is 0.106. The number of hydrogen-bond acceptors (Lipinski definition) is 3. The van der Waals surface area contributed by atoms with Crippen LogP contribution in [-0.4, -0.2) is 14.2 Å². The lowest BCUT2D eigenvalue weighted by atomic mass is 10.1. The molecule has 0 aromatic heterocycles. The lowest BCUT2D eigenvalue weighted by Crippen LogP contribution is -2.26. The monoisotopic (exact) mass is 345 g/mol. The van der Waals surface area contributed by atoms with Crippen molar-refractivity contribution in [1.82, 2.24) is 4.72 Å². The zero-order valence-electron chi connectivity index (χ0n) is 13.6. The van der Waals surface area contributed by atoms with E-state index in [9.17, 15) is 8.42 Å². The van der Waals surface area contributed by atoms with Gasteiger partial charge in [0, 0.05) is 6.54 Å². The fourth-order valence-electron chi connectivity index (χ4n) is 2.22. The van der Waals surface area contributed by atoms with Gasteiger partial charge in [0.2, 0.25) is 10.0 Å². The second-order valence-corrected chi connectivity index (χ2v) is 7.39. The highest BCUT2D eigenvalue weighted by Gasteiger charge is 2.10. The topological polar surface area (TPSA) is 55.4 Å². The Morgan fingerprint density at radius 3 is 2.33 bits per heavy atom. The molecule has 1 N–H and O–H groups in total. The molecular formula is C19H23NO3S. The van der Waals surface area contributed by atoms with E-state index in [1.165, 1.54) is 0 Å². The molecule has 0 saturated carbocycles. The second kappa shape index (κ2) is 9.37. The summed E-state index contributed by atoms with van der Waals surface area (Å²) in [6, 6.07) is 17.6. The maximum absolute atomic E-state index is 11.9. The number of ether oxygens (including phenoxy) is 1. The molecule has 0 spiro atoms. The van der Waals surface area contributed by atoms with Crippen LogP contribution in [0.15, 0.2) is 67.3 Å². The predicted molar refractivity (Wildman–Crippen MR) is 96.8 cm³/mol. The molecule has 2 rings (SSSR count). The summed E-state index contributed by atoms with van der Waals surface area (Å²) in [6.07, 6.45) is 2.04. The highest BCUT2D eigenvalue weighted by molar-refractivity contribution is 7.89. The SMILES string of the molecule is C=CCCS(=O)(=O)NCc1ccccc1COCc1ccccc1. The second-order valence-electron chi connectivity index (χ2n) is 5.46. The summed E-state index contributed by atoms with van der Waals surface area (Å²) in [6.45, 7) is 4.79. The van der Waals surface area contributed by atoms with E-state index in [1.54, 1.807) is 6.08 Å². The van der Waals surface area contributed by atoms with Crippen LogP contribution in [0.25, 0.3) is 0 Å². The summed E-state index contributed by atoms with van der Waals surface area (Å²) >= 11 is 0. The van der Waals surface area contributed by atoms with Crippen molar-refractivity contribution in [3.05, 3.63) is 83.9 Å². The van der Waals surface area contributed by atoms with Crippen molar-refractivity contribution in [1.29, 1.82) is 0 Å². The first-order valence-corrected chi connectivity index (χ1v) is 9.52. The van der Waals surface area contributed by atoms with E-state index in [0.717, 1.165) is 16.7 Å². The third-order valence-corrected chi connectivity index (χ3v) is 4.92. The molecule has 2 aromatic carbocycles. The molecule has 128 valence electrons. The molecule has 0 amide bonds. The lowest BCUT2D eigenvalue weighted by Gasteiger charge is -2.11. The zero-order valence-corrected chi connectivity index (χ0v) is 14.5. The van der Waals surface area contributed by atoms with Crippen LogP contribution in [-0.2, 0) is 34.5 Å². The molecule has 0 aliphatic rings. The van der Waals surface area contributed by atoms with Crippen LogP contribution in [0.4, 0.5) is 0 Å². The normalized spacial score (nSPS) is 11.3. The van der Waals surface area contributed by atoms with E-state index < -0.39 is 10.0 Å². The molecular weight excluding hydrogens is 322 g/mol. The summed E-state index contributed by atoms with van der Waals surface area (Å²) in [7, 11) is -3.28. The van der Waals surface area contributed by atoms with Crippen molar-refractivity contribution in [2.45, 2.75) is 26.2 Å². The molecule has 0 aliphatic carbocycles. The Labute approximate surface area is 144 Å². The maximum Gasteiger partial charge on any atom is 0.212 e. The first-order valence-electron chi connectivity index (χ1n) is 7.87. The minimum atomic E-state index is -3.28. The summed E-state index contributed by atoms with van der Waals surface area (Å²) in [5, 5.41) is 0. The van der Waals surface area contributed by atoms with Crippen LogP contribution in [0.1, 0.15) is 23.1 Å². The summed E-state index contributed by atoms with van der Waals surface area (Å²) in [5.41, 5.74) is 3.02. The highest BCUT2D eigenvalue weighted by Crippen LogP contribution is 2.12. The predicted octanol–water partition coefficient (Wildman–Crippen LogP) is 3.40. The average molecular weight is 345 g/mol. The fraction of sp³-hybridized carbons (Fsp3) is 0.263. The van der Waals surface area contributed by atoms with Crippen molar-refractivity contribution < 1.29 is 13.2 Å². The highest BCUT2D eigenvalue weighted by atomic mass is 32.2. The Bertz CT molecular complexity index is 742. The third kappa shape index (κ3) is 6.28. The summed E-state index contributed by atoms with van der Waals surface area (Å²) in [5.74, 6) is 0.0587. The maximum atomic E-state index is 11.9. The van der Waals surface area contributed by atoms with Gasteiger partial charge >= 0.3 is 0 Å². The molecule has 0 saturated heterocycles. The van der Waals surface area contributed by atoms with Gasteiger partial charge in [-0.2, -0.15) is 0 Å². The Morgan fingerprint density at radius 2 is 1.62 bits per heavy atom. The third-order valence-electron chi connectivity index (χ3n) is 3.56. The van der Waals surface area contributed by atoms with Crippen LogP contribution in [0.5, 0.6) is 0 Å². The first-order chi connectivity index (χ1) is 11.6. The van der Waals surface area contributed by atoms with Gasteiger partial charge in [-0.05, 0) is 23.1 Å². The minimum Gasteiger partial charge on any atom is -0.372 e. The molecule has 24 heavy (non-hydrogen) atoms. The summed E-state index contributed by atoms with van der Waals surface area (Å²) in [4.78, 5) is 0. The van der Waals surface area contributed by atoms with E-state index >= 15 is 0 Å². The Balaban J connectivity index is 1.91. The molecule has 2 aromatic rings. The Morgan fingerprint density at radius 1 is 0.958 bits per heavy atom. The molecule has 0 atom stereocenters. The first kappa shape index (κ1) is 18.4. The van der Waals surface area contributed by atoms with Crippen molar-refractivity contribution in [2.24, 2.45) is 0 Å². The molecule has 0 aliphatic heterocycles. The van der Waals surface area contributed by atoms with E-state index in [1.807, 2.05) is 54.6 Å². The quantitative estimate of drug-likeness (QED) is 0.672. The number of benzene rings is 2. The molecule has 0 unspecified atom stereocenters. The van der Waals surface area contributed by atoms with E-state index in [4.69, 9.17) is 4.74 Å². The molecule has 0 heterocycles. The van der Waals surface area contributed by atoms with Crippen molar-refractivity contribution >= 4 is 10.0 Å². The summed E-state index contributed by atoms with van der Waals surface area (Å²) < 4.78 is 32.1. The smallest absolute Gasteiger partial charge is 0.212 e. The van der Waals surface area contributed by atoms with Gasteiger partial charge in [0.1, 0.15) is 0 Å². The van der Waals surface area contributed by atoms with Crippen LogP contribution < -0.4 is 4.72 Å². The zero-order chi connectivity index (χ0) is 17.3. The molecule has 0 bridgehead atoms. The van der Waals surface area contributed by atoms with Crippen molar-refractivity contribution in [2.75, 3.05) is 5.75 Å². The fourth-order valence-corrected chi connectivity index (χ4v) is 3.22. The molecule has 0 radical (unpaired) electrons. The number of rotatable bonds is 10. The van der Waals surface area contributed by atoms with Gasteiger partial charge in [-0.25, -0.2) is 13.1 Å². The number of nitrogens with one attached hydrogen (secondary N) is 1. The van der Waals surface area contributed by atoms with Gasteiger partial charge in [0.05, 0.1) is 19.0 Å². The van der Waals surface area contributed by atoms with E-state index in [2.05, 4.69) is 11.3 Å². The largest absolute Gasteiger partial charge is 0.372 e. The van der Waals surface area contributed by atoms with E-state index in [-0.39, 0.29) is 12.3 Å². The molecule has 5 heteroatoms. The van der Waals surface area contributed by atoms with Crippen molar-refractivity contribution in [3.63, 3.8) is 0 Å². The van der Waals surface area contributed by atoms with Crippen LogP contribution in [0.2, 0.25) is 0 Å². The molecule has 0 fully saturated rings. The van der Waals surface area contributed by atoms with Crippen LogP contribution in [0.3, 0.4) is 0 Å². The standard InChI is InChI=1S/C19H23NO3S/c1-2-3-13-24(21,22)20-14-18-11-7-8-12-19(18)16-23-15-17-9-5-4-6-10-17/h2,4-12,20H,1,3,13-16H2. The van der Waals surface area contributed by atoms with E-state index in [0.29, 0.717) is 19.6 Å². The van der Waals surface area contributed by atoms with Gasteiger partial charge in [0.15, 0.2) is 0 Å². The number of sulfonamides is 1. The van der Waals surface area contributed by atoms with Gasteiger partial charge in [-0.3, -0.25) is 0 Å². The van der Waals surface area contributed by atoms with Gasteiger partial charge in [0.25, 0.3) is 0 Å². The van der Waals surface area contributed by atoms with Crippen LogP contribution in [0, 0.1) is 0 Å². The Hall–Kier alpha value is -1.95. The number of allylic oxidation sites excluding steroid dienone is 1. The number of hydrogen-bond donors (Lipinski definition) is 1. The Kier molecular flexibility index (Phi) is 7.18. The molecule has 4 nitrogen and oxygen atoms in total.